The van der Waals surface area contributed by atoms with Crippen LogP contribution < -0.4 is 4.74 Å². The number of benzene rings is 1. The topological polar surface area (TPSA) is 76.0 Å². The lowest BCUT2D eigenvalue weighted by atomic mass is 10.1. The number of imidazole rings is 2. The number of aromatic nitrogens is 4. The van der Waals surface area contributed by atoms with Crippen molar-refractivity contribution in [2.24, 2.45) is 7.05 Å². The minimum Gasteiger partial charge on any atom is -0.410 e. The first-order chi connectivity index (χ1) is 14.7. The fourth-order valence-corrected chi connectivity index (χ4v) is 5.17. The Labute approximate surface area is 184 Å². The Bertz CT molecular complexity index is 935. The second-order valence-electron chi connectivity index (χ2n) is 7.13. The molecule has 158 valence electrons. The Morgan fingerprint density at radius 1 is 1.20 bits per heavy atom. The van der Waals surface area contributed by atoms with E-state index in [9.17, 15) is 4.79 Å². The first-order valence-electron chi connectivity index (χ1n) is 9.99. The van der Waals surface area contributed by atoms with Gasteiger partial charge in [0.05, 0.1) is 0 Å². The van der Waals surface area contributed by atoms with E-state index in [1.165, 1.54) is 5.56 Å². The molecular formula is C21H25N5O2S2. The zero-order valence-corrected chi connectivity index (χ0v) is 18.5. The molecule has 0 spiro atoms. The van der Waals surface area contributed by atoms with Crippen LogP contribution in [0.4, 0.5) is 4.79 Å². The van der Waals surface area contributed by atoms with Gasteiger partial charge in [-0.15, -0.1) is 0 Å². The van der Waals surface area contributed by atoms with Crippen molar-refractivity contribution in [3.63, 3.8) is 0 Å². The van der Waals surface area contributed by atoms with Gasteiger partial charge in [0.2, 0.25) is 0 Å². The predicted molar refractivity (Wildman–Crippen MR) is 119 cm³/mol. The first kappa shape index (κ1) is 20.9. The van der Waals surface area contributed by atoms with E-state index in [0.29, 0.717) is 24.1 Å². The fourth-order valence-electron chi connectivity index (χ4n) is 3.26. The molecular weight excluding hydrogens is 418 g/mol. The van der Waals surface area contributed by atoms with Crippen molar-refractivity contribution in [2.45, 2.75) is 34.8 Å². The maximum Gasteiger partial charge on any atom is 0.415 e. The minimum absolute atomic E-state index is 0.267. The van der Waals surface area contributed by atoms with Crippen LogP contribution in [0.3, 0.4) is 0 Å². The van der Waals surface area contributed by atoms with E-state index in [1.807, 2.05) is 54.5 Å². The highest BCUT2D eigenvalue weighted by Gasteiger charge is 2.25. The highest BCUT2D eigenvalue weighted by Crippen LogP contribution is 2.29. The van der Waals surface area contributed by atoms with Crippen LogP contribution in [0.1, 0.15) is 18.4 Å². The van der Waals surface area contributed by atoms with E-state index in [-0.39, 0.29) is 6.09 Å². The van der Waals surface area contributed by atoms with Gasteiger partial charge in [-0.05, 0) is 37.0 Å². The number of rotatable bonds is 7. The predicted octanol–water partition coefficient (Wildman–Crippen LogP) is 4.23. The molecule has 1 aliphatic rings. The molecule has 3 heterocycles. The van der Waals surface area contributed by atoms with Crippen LogP contribution in [-0.2, 0) is 13.5 Å². The lowest BCUT2D eigenvalue weighted by molar-refractivity contribution is 0.143. The number of likely N-dealkylation sites (tertiary alicyclic amines) is 1. The van der Waals surface area contributed by atoms with Crippen LogP contribution in [0.15, 0.2) is 59.4 Å². The van der Waals surface area contributed by atoms with Crippen molar-refractivity contribution >= 4 is 29.6 Å². The number of ether oxygens (including phenoxy) is 1. The van der Waals surface area contributed by atoms with Gasteiger partial charge in [0.25, 0.3) is 0 Å². The van der Waals surface area contributed by atoms with Gasteiger partial charge in [0.15, 0.2) is 10.3 Å². The molecule has 1 saturated heterocycles. The first-order valence-corrected chi connectivity index (χ1v) is 11.9. The van der Waals surface area contributed by atoms with Gasteiger partial charge in [-0.25, -0.2) is 14.8 Å². The lowest BCUT2D eigenvalue weighted by Crippen LogP contribution is -2.40. The molecule has 30 heavy (non-hydrogen) atoms. The summed E-state index contributed by atoms with van der Waals surface area (Å²) in [5.41, 5.74) is 1.21. The van der Waals surface area contributed by atoms with Crippen molar-refractivity contribution in [3.05, 3.63) is 54.6 Å². The van der Waals surface area contributed by atoms with Gasteiger partial charge >= 0.3 is 6.09 Å². The molecule has 7 nitrogen and oxygen atoms in total. The number of piperidine rings is 1. The smallest absolute Gasteiger partial charge is 0.410 e. The third kappa shape index (κ3) is 5.60. The van der Waals surface area contributed by atoms with Gasteiger partial charge in [-0.2, -0.15) is 0 Å². The molecule has 0 atom stereocenters. The van der Waals surface area contributed by atoms with Crippen LogP contribution in [0.25, 0.3) is 0 Å². The van der Waals surface area contributed by atoms with Gasteiger partial charge in [0, 0.05) is 55.9 Å². The number of nitrogens with zero attached hydrogens (tertiary/aromatic N) is 4. The molecule has 0 bridgehead atoms. The van der Waals surface area contributed by atoms with E-state index in [0.717, 1.165) is 35.3 Å². The molecule has 0 radical (unpaired) electrons. The summed E-state index contributed by atoms with van der Waals surface area (Å²) >= 11 is 3.48. The Balaban J connectivity index is 1.20. The summed E-state index contributed by atoms with van der Waals surface area (Å²) < 4.78 is 7.61. The zero-order chi connectivity index (χ0) is 20.8. The van der Waals surface area contributed by atoms with E-state index in [4.69, 9.17) is 4.74 Å². The van der Waals surface area contributed by atoms with Gasteiger partial charge < -0.3 is 19.2 Å². The van der Waals surface area contributed by atoms with E-state index >= 15 is 0 Å². The molecule has 1 aromatic carbocycles. The van der Waals surface area contributed by atoms with Gasteiger partial charge in [-0.3, -0.25) is 0 Å². The molecule has 1 amide bonds. The van der Waals surface area contributed by atoms with E-state index in [1.54, 1.807) is 34.6 Å². The second kappa shape index (κ2) is 10.1. The van der Waals surface area contributed by atoms with Gasteiger partial charge in [0.1, 0.15) is 5.75 Å². The molecule has 0 aliphatic carbocycles. The molecule has 9 heteroatoms. The quantitative estimate of drug-likeness (QED) is 0.551. The average molecular weight is 444 g/mol. The number of aryl methyl sites for hydroxylation is 2. The Hall–Kier alpha value is -2.39. The Kier molecular flexibility index (Phi) is 7.01. The number of amides is 1. The van der Waals surface area contributed by atoms with E-state index < -0.39 is 0 Å². The average Bonchev–Trinajstić information content (AvgIpc) is 3.42. The van der Waals surface area contributed by atoms with Crippen LogP contribution in [0, 0.1) is 0 Å². The standard InChI is InChI=1S/C21H25N5O2S2/c1-25-14-11-24-20(25)30-18-6-12-26(13-7-18)21(27)28-17-4-2-16(3-5-17)8-15-29-19-22-9-10-23-19/h2-5,9-11,14,18H,6-8,12-13,15H2,1H3,(H,22,23). The molecule has 2 aromatic heterocycles. The number of hydrogen-bond donors (Lipinski definition) is 1. The Morgan fingerprint density at radius 3 is 2.67 bits per heavy atom. The molecule has 3 aromatic rings. The number of hydrogen-bond acceptors (Lipinski definition) is 6. The maximum atomic E-state index is 12.5. The number of nitrogens with one attached hydrogen (secondary N) is 1. The summed E-state index contributed by atoms with van der Waals surface area (Å²) in [6.07, 6.45) is 9.91. The van der Waals surface area contributed by atoms with Crippen molar-refractivity contribution in [2.75, 3.05) is 18.8 Å². The third-order valence-corrected chi connectivity index (χ3v) is 7.29. The molecule has 1 fully saturated rings. The van der Waals surface area contributed by atoms with Crippen LogP contribution in [-0.4, -0.2) is 54.6 Å². The maximum absolute atomic E-state index is 12.5. The Morgan fingerprint density at radius 2 is 2.00 bits per heavy atom. The fraction of sp³-hybridized carbons (Fsp3) is 0.381. The molecule has 0 saturated carbocycles. The highest BCUT2D eigenvalue weighted by molar-refractivity contribution is 7.99. The molecule has 1 N–H and O–H groups in total. The summed E-state index contributed by atoms with van der Waals surface area (Å²) in [7, 11) is 2.01. The number of thioether (sulfide) groups is 2. The van der Waals surface area contributed by atoms with Crippen molar-refractivity contribution in [1.82, 2.24) is 24.4 Å². The normalized spacial score (nSPS) is 14.8. The zero-order valence-electron chi connectivity index (χ0n) is 16.9. The number of carbonyl (C=O) groups excluding carboxylic acids is 1. The second-order valence-corrected chi connectivity index (χ2v) is 9.48. The van der Waals surface area contributed by atoms with Crippen LogP contribution >= 0.6 is 23.5 Å². The number of aromatic amines is 1. The summed E-state index contributed by atoms with van der Waals surface area (Å²) in [4.78, 5) is 26.0. The van der Waals surface area contributed by atoms with Crippen molar-refractivity contribution in [1.29, 1.82) is 0 Å². The number of H-pyrrole nitrogens is 1. The lowest BCUT2D eigenvalue weighted by Gasteiger charge is -2.30. The van der Waals surface area contributed by atoms with Crippen LogP contribution in [0.5, 0.6) is 5.75 Å². The SMILES string of the molecule is Cn1ccnc1SC1CCN(C(=O)Oc2ccc(CCSc3ncc[nH]3)cc2)CC1. The highest BCUT2D eigenvalue weighted by atomic mass is 32.2. The van der Waals surface area contributed by atoms with Crippen molar-refractivity contribution in [3.8, 4) is 5.75 Å². The summed E-state index contributed by atoms with van der Waals surface area (Å²) in [5, 5.41) is 2.44. The minimum atomic E-state index is -0.267. The largest absolute Gasteiger partial charge is 0.415 e. The van der Waals surface area contributed by atoms with Crippen molar-refractivity contribution < 1.29 is 9.53 Å². The third-order valence-electron chi connectivity index (χ3n) is 4.98. The molecule has 0 unspecified atom stereocenters. The van der Waals surface area contributed by atoms with E-state index in [2.05, 4.69) is 15.0 Å². The van der Waals surface area contributed by atoms with Crippen LogP contribution in [0.2, 0.25) is 0 Å². The summed E-state index contributed by atoms with van der Waals surface area (Å²) in [6, 6.07) is 7.77. The monoisotopic (exact) mass is 443 g/mol. The van der Waals surface area contributed by atoms with Gasteiger partial charge in [-0.1, -0.05) is 35.7 Å². The molecule has 4 rings (SSSR count). The number of carbonyl (C=O) groups is 1. The summed E-state index contributed by atoms with van der Waals surface area (Å²) in [6.45, 7) is 1.42. The molecule has 1 aliphatic heterocycles. The summed E-state index contributed by atoms with van der Waals surface area (Å²) in [5.74, 6) is 1.53.